The first-order valence-electron chi connectivity index (χ1n) is 3.30. The molecule has 1 aromatic heterocycles. The third-order valence-electron chi connectivity index (χ3n) is 1.40. The van der Waals surface area contributed by atoms with Gasteiger partial charge in [0.1, 0.15) is 0 Å². The number of nitrogens with one attached hydrogen (secondary N) is 1. The van der Waals surface area contributed by atoms with Crippen LogP contribution in [0, 0.1) is 0 Å². The van der Waals surface area contributed by atoms with Crippen LogP contribution in [0.1, 0.15) is 5.69 Å². The zero-order chi connectivity index (χ0) is 7.40. The van der Waals surface area contributed by atoms with Crippen LogP contribution in [-0.4, -0.2) is 11.6 Å². The summed E-state index contributed by atoms with van der Waals surface area (Å²) in [6, 6.07) is 4.04. The lowest BCUT2D eigenvalue weighted by Gasteiger charge is -2.03. The Hall–Kier alpha value is -1.02. The van der Waals surface area contributed by atoms with Crippen LogP contribution >= 0.6 is 0 Å². The number of hydrogen-bond donors (Lipinski definition) is 1. The topological polar surface area (TPSA) is 17.0 Å². The first-order chi connectivity index (χ1) is 4.88. The van der Waals surface area contributed by atoms with Crippen molar-refractivity contribution in [3.8, 4) is 0 Å². The Bertz CT molecular complexity index is 213. The summed E-state index contributed by atoms with van der Waals surface area (Å²) in [6.45, 7) is 4.54. The molecule has 0 fully saturated rings. The van der Waals surface area contributed by atoms with Gasteiger partial charge >= 0.3 is 0 Å². The van der Waals surface area contributed by atoms with Crippen molar-refractivity contribution in [3.05, 3.63) is 30.6 Å². The Morgan fingerprint density at radius 3 is 3.20 bits per heavy atom. The second-order valence-corrected chi connectivity index (χ2v) is 2.12. The van der Waals surface area contributed by atoms with Crippen molar-refractivity contribution in [1.29, 1.82) is 0 Å². The molecule has 10 heavy (non-hydrogen) atoms. The van der Waals surface area contributed by atoms with Gasteiger partial charge in [0, 0.05) is 11.9 Å². The van der Waals surface area contributed by atoms with Crippen LogP contribution in [0.25, 0.3) is 6.08 Å². The molecular formula is C8H12N2. The highest BCUT2D eigenvalue weighted by atomic mass is 15.1. The first kappa shape index (κ1) is 7.09. The number of nitrogens with zero attached hydrogens (tertiary/aromatic N) is 1. The first-order valence-corrected chi connectivity index (χ1v) is 3.30. The van der Waals surface area contributed by atoms with Crippen LogP contribution in [-0.2, 0) is 6.67 Å². The van der Waals surface area contributed by atoms with Gasteiger partial charge in [0.15, 0.2) is 0 Å². The minimum atomic E-state index is 0.842. The third kappa shape index (κ3) is 1.28. The minimum absolute atomic E-state index is 0.842. The standard InChI is InChI=1S/C8H12N2/c1-3-8-5-4-6-10(8)7-9-2/h3-6,9H,1,7H2,2H3. The van der Waals surface area contributed by atoms with Crippen LogP contribution < -0.4 is 5.32 Å². The van der Waals surface area contributed by atoms with Crippen molar-refractivity contribution in [2.24, 2.45) is 0 Å². The van der Waals surface area contributed by atoms with Gasteiger partial charge in [-0.15, -0.1) is 0 Å². The Kier molecular flexibility index (Phi) is 2.29. The van der Waals surface area contributed by atoms with E-state index in [2.05, 4.69) is 16.5 Å². The highest BCUT2D eigenvalue weighted by Crippen LogP contribution is 2.01. The van der Waals surface area contributed by atoms with Crippen molar-refractivity contribution in [2.75, 3.05) is 7.05 Å². The molecule has 1 rings (SSSR count). The van der Waals surface area contributed by atoms with E-state index in [9.17, 15) is 0 Å². The van der Waals surface area contributed by atoms with Gasteiger partial charge in [-0.05, 0) is 25.3 Å². The number of aromatic nitrogens is 1. The van der Waals surface area contributed by atoms with E-state index in [0.29, 0.717) is 0 Å². The lowest BCUT2D eigenvalue weighted by atomic mass is 10.4. The number of rotatable bonds is 3. The Labute approximate surface area is 61.2 Å². The lowest BCUT2D eigenvalue weighted by Crippen LogP contribution is -2.12. The molecule has 0 aliphatic carbocycles. The van der Waals surface area contributed by atoms with Crippen molar-refractivity contribution in [3.63, 3.8) is 0 Å². The Morgan fingerprint density at radius 1 is 1.80 bits per heavy atom. The van der Waals surface area contributed by atoms with E-state index < -0.39 is 0 Å². The zero-order valence-corrected chi connectivity index (χ0v) is 6.17. The summed E-state index contributed by atoms with van der Waals surface area (Å²) in [5.41, 5.74) is 1.15. The fraction of sp³-hybridized carbons (Fsp3) is 0.250. The molecule has 2 heteroatoms. The average Bonchev–Trinajstić information content (AvgIpc) is 2.36. The van der Waals surface area contributed by atoms with Gasteiger partial charge in [-0.2, -0.15) is 0 Å². The van der Waals surface area contributed by atoms with Crippen molar-refractivity contribution >= 4 is 6.08 Å². The van der Waals surface area contributed by atoms with Gasteiger partial charge in [0.2, 0.25) is 0 Å². The molecular weight excluding hydrogens is 124 g/mol. The monoisotopic (exact) mass is 136 g/mol. The van der Waals surface area contributed by atoms with Gasteiger partial charge in [-0.1, -0.05) is 6.58 Å². The highest BCUT2D eigenvalue weighted by molar-refractivity contribution is 5.42. The molecule has 0 atom stereocenters. The average molecular weight is 136 g/mol. The van der Waals surface area contributed by atoms with E-state index >= 15 is 0 Å². The van der Waals surface area contributed by atoms with Crippen molar-refractivity contribution in [1.82, 2.24) is 9.88 Å². The third-order valence-corrected chi connectivity index (χ3v) is 1.40. The van der Waals surface area contributed by atoms with E-state index in [1.54, 1.807) is 0 Å². The molecule has 0 aliphatic rings. The maximum atomic E-state index is 3.70. The summed E-state index contributed by atoms with van der Waals surface area (Å²) in [5, 5.41) is 3.06. The van der Waals surface area contributed by atoms with Gasteiger partial charge in [-0.25, -0.2) is 0 Å². The van der Waals surface area contributed by atoms with Gasteiger partial charge in [-0.3, -0.25) is 0 Å². The molecule has 0 spiro atoms. The van der Waals surface area contributed by atoms with E-state index in [0.717, 1.165) is 12.4 Å². The molecule has 1 heterocycles. The van der Waals surface area contributed by atoms with Crippen molar-refractivity contribution < 1.29 is 0 Å². The van der Waals surface area contributed by atoms with E-state index in [-0.39, 0.29) is 0 Å². The molecule has 1 N–H and O–H groups in total. The fourth-order valence-corrected chi connectivity index (χ4v) is 0.927. The molecule has 0 saturated carbocycles. The summed E-state index contributed by atoms with van der Waals surface area (Å²) in [7, 11) is 1.92. The van der Waals surface area contributed by atoms with Crippen LogP contribution in [0.2, 0.25) is 0 Å². The summed E-state index contributed by atoms with van der Waals surface area (Å²) < 4.78 is 2.09. The molecule has 0 radical (unpaired) electrons. The summed E-state index contributed by atoms with van der Waals surface area (Å²) >= 11 is 0. The summed E-state index contributed by atoms with van der Waals surface area (Å²) in [4.78, 5) is 0. The van der Waals surface area contributed by atoms with Gasteiger partial charge < -0.3 is 9.88 Å². The van der Waals surface area contributed by atoms with Gasteiger partial charge in [0.05, 0.1) is 6.67 Å². The minimum Gasteiger partial charge on any atom is -0.335 e. The smallest absolute Gasteiger partial charge is 0.0723 e. The van der Waals surface area contributed by atoms with E-state index in [1.165, 1.54) is 0 Å². The summed E-state index contributed by atoms with van der Waals surface area (Å²) in [5.74, 6) is 0. The molecule has 2 nitrogen and oxygen atoms in total. The Morgan fingerprint density at radius 2 is 2.60 bits per heavy atom. The predicted octanol–water partition coefficient (Wildman–Crippen LogP) is 1.31. The van der Waals surface area contributed by atoms with Crippen molar-refractivity contribution in [2.45, 2.75) is 6.67 Å². The Balaban J connectivity index is 2.79. The van der Waals surface area contributed by atoms with Crippen LogP contribution in [0.5, 0.6) is 0 Å². The maximum Gasteiger partial charge on any atom is 0.0723 e. The molecule has 54 valence electrons. The van der Waals surface area contributed by atoms with Crippen LogP contribution in [0.15, 0.2) is 24.9 Å². The molecule has 0 aromatic carbocycles. The summed E-state index contributed by atoms with van der Waals surface area (Å²) in [6.07, 6.45) is 3.87. The largest absolute Gasteiger partial charge is 0.335 e. The maximum absolute atomic E-state index is 3.70. The SMILES string of the molecule is C=Cc1cccn1CNC. The second kappa shape index (κ2) is 3.22. The molecule has 0 aliphatic heterocycles. The molecule has 1 aromatic rings. The molecule has 0 amide bonds. The van der Waals surface area contributed by atoms with Gasteiger partial charge in [0.25, 0.3) is 0 Å². The number of hydrogen-bond acceptors (Lipinski definition) is 1. The normalized spacial score (nSPS) is 9.70. The lowest BCUT2D eigenvalue weighted by molar-refractivity contribution is 0.617. The second-order valence-electron chi connectivity index (χ2n) is 2.12. The van der Waals surface area contributed by atoms with E-state index in [4.69, 9.17) is 0 Å². The van der Waals surface area contributed by atoms with Crippen LogP contribution in [0.3, 0.4) is 0 Å². The highest BCUT2D eigenvalue weighted by Gasteiger charge is 1.91. The zero-order valence-electron chi connectivity index (χ0n) is 6.17. The molecule has 0 unspecified atom stereocenters. The molecule has 0 bridgehead atoms. The quantitative estimate of drug-likeness (QED) is 0.663. The molecule has 0 saturated heterocycles. The predicted molar refractivity (Wildman–Crippen MR) is 43.6 cm³/mol. The van der Waals surface area contributed by atoms with E-state index in [1.807, 2.05) is 31.5 Å². The fourth-order valence-electron chi connectivity index (χ4n) is 0.927. The van der Waals surface area contributed by atoms with Crippen LogP contribution in [0.4, 0.5) is 0 Å².